The van der Waals surface area contributed by atoms with E-state index in [0.717, 1.165) is 19.4 Å². The highest BCUT2D eigenvalue weighted by molar-refractivity contribution is 6.30. The van der Waals surface area contributed by atoms with E-state index in [2.05, 4.69) is 14.9 Å². The van der Waals surface area contributed by atoms with E-state index < -0.39 is 5.60 Å². The molecule has 0 spiro atoms. The molecule has 0 amide bonds. The maximum absolute atomic E-state index is 10.6. The smallest absolute Gasteiger partial charge is 0.225 e. The van der Waals surface area contributed by atoms with E-state index in [0.29, 0.717) is 30.6 Å². The van der Waals surface area contributed by atoms with Crippen molar-refractivity contribution in [3.8, 4) is 0 Å². The lowest BCUT2D eigenvalue weighted by molar-refractivity contribution is -0.108. The molecule has 0 bridgehead atoms. The van der Waals surface area contributed by atoms with Gasteiger partial charge in [0.2, 0.25) is 5.95 Å². The Morgan fingerprint density at radius 2 is 2.20 bits per heavy atom. The van der Waals surface area contributed by atoms with E-state index in [9.17, 15) is 5.11 Å². The number of halogens is 1. The standard InChI is InChI=1S/C14H20ClN3O2/c1-14(19)4-6-20-9-11(14)12-3-2-5-18(12)13-16-7-10(15)8-17-13/h7-8,11-12,19H,2-6,9H2,1H3/t11-,12-,14+/m1/s1. The molecule has 0 aromatic carbocycles. The van der Waals surface area contributed by atoms with Gasteiger partial charge in [-0.1, -0.05) is 11.6 Å². The maximum Gasteiger partial charge on any atom is 0.225 e. The Bertz CT molecular complexity index is 466. The molecule has 1 aromatic heterocycles. The van der Waals surface area contributed by atoms with Crippen LogP contribution in [0.3, 0.4) is 0 Å². The van der Waals surface area contributed by atoms with Gasteiger partial charge < -0.3 is 14.7 Å². The normalized spacial score (nSPS) is 34.5. The van der Waals surface area contributed by atoms with Crippen LogP contribution in [0.2, 0.25) is 5.02 Å². The second-order valence-electron chi connectivity index (χ2n) is 5.89. The molecule has 3 atom stereocenters. The maximum atomic E-state index is 10.6. The summed E-state index contributed by atoms with van der Waals surface area (Å²) in [5.74, 6) is 0.788. The minimum atomic E-state index is -0.683. The van der Waals surface area contributed by atoms with Crippen LogP contribution in [0.4, 0.5) is 5.95 Å². The Balaban J connectivity index is 1.83. The van der Waals surface area contributed by atoms with Crippen molar-refractivity contribution in [1.29, 1.82) is 0 Å². The predicted octanol–water partition coefficient (Wildman–Crippen LogP) is 1.89. The molecule has 3 heterocycles. The molecule has 2 saturated heterocycles. The highest BCUT2D eigenvalue weighted by Gasteiger charge is 2.44. The summed E-state index contributed by atoms with van der Waals surface area (Å²) in [6, 6.07) is 0.228. The molecule has 0 radical (unpaired) electrons. The molecule has 0 aliphatic carbocycles. The summed E-state index contributed by atoms with van der Waals surface area (Å²) in [7, 11) is 0. The summed E-state index contributed by atoms with van der Waals surface area (Å²) in [4.78, 5) is 10.8. The van der Waals surface area contributed by atoms with E-state index in [1.54, 1.807) is 12.4 Å². The van der Waals surface area contributed by atoms with Gasteiger partial charge in [0.15, 0.2) is 0 Å². The minimum Gasteiger partial charge on any atom is -0.390 e. The topological polar surface area (TPSA) is 58.5 Å². The molecule has 0 unspecified atom stereocenters. The molecule has 0 saturated carbocycles. The largest absolute Gasteiger partial charge is 0.390 e. The van der Waals surface area contributed by atoms with Crippen LogP contribution in [0.25, 0.3) is 0 Å². The molecule has 2 fully saturated rings. The van der Waals surface area contributed by atoms with Gasteiger partial charge in [-0.25, -0.2) is 9.97 Å². The molecular formula is C14H20ClN3O2. The van der Waals surface area contributed by atoms with Crippen LogP contribution in [0, 0.1) is 5.92 Å². The monoisotopic (exact) mass is 297 g/mol. The number of anilines is 1. The lowest BCUT2D eigenvalue weighted by Crippen LogP contribution is -2.52. The number of aliphatic hydroxyl groups is 1. The molecule has 3 rings (SSSR count). The Kier molecular flexibility index (Phi) is 3.84. The van der Waals surface area contributed by atoms with E-state index in [1.165, 1.54) is 0 Å². The zero-order chi connectivity index (χ0) is 14.2. The van der Waals surface area contributed by atoms with Gasteiger partial charge in [-0.15, -0.1) is 0 Å². The second-order valence-corrected chi connectivity index (χ2v) is 6.33. The average Bonchev–Trinajstić information content (AvgIpc) is 2.88. The quantitative estimate of drug-likeness (QED) is 0.903. The predicted molar refractivity (Wildman–Crippen MR) is 77.0 cm³/mol. The van der Waals surface area contributed by atoms with Crippen molar-refractivity contribution in [2.24, 2.45) is 5.92 Å². The van der Waals surface area contributed by atoms with Crippen LogP contribution in [0.15, 0.2) is 12.4 Å². The molecular weight excluding hydrogens is 278 g/mol. The summed E-state index contributed by atoms with van der Waals surface area (Å²) in [5.41, 5.74) is -0.683. The number of rotatable bonds is 2. The SMILES string of the molecule is C[C@]1(O)CCOC[C@@H]1[C@H]1CCCN1c1ncc(Cl)cn1. The average molecular weight is 298 g/mol. The van der Waals surface area contributed by atoms with Gasteiger partial charge in [-0.3, -0.25) is 0 Å². The molecule has 110 valence electrons. The third-order valence-corrected chi connectivity index (χ3v) is 4.67. The van der Waals surface area contributed by atoms with Crippen LogP contribution in [0.5, 0.6) is 0 Å². The van der Waals surface area contributed by atoms with E-state index in [1.807, 2.05) is 6.92 Å². The first-order valence-electron chi connectivity index (χ1n) is 7.12. The highest BCUT2D eigenvalue weighted by Crippen LogP contribution is 2.37. The number of ether oxygens (including phenoxy) is 1. The number of hydrogen-bond donors (Lipinski definition) is 1. The molecule has 6 heteroatoms. The van der Waals surface area contributed by atoms with Crippen LogP contribution < -0.4 is 4.90 Å². The summed E-state index contributed by atoms with van der Waals surface area (Å²) in [5, 5.41) is 11.2. The fourth-order valence-electron chi connectivity index (χ4n) is 3.29. The van der Waals surface area contributed by atoms with Gasteiger partial charge in [0.25, 0.3) is 0 Å². The van der Waals surface area contributed by atoms with Crippen LogP contribution >= 0.6 is 11.6 Å². The first-order chi connectivity index (χ1) is 9.58. The van der Waals surface area contributed by atoms with Gasteiger partial charge in [-0.2, -0.15) is 0 Å². The van der Waals surface area contributed by atoms with E-state index >= 15 is 0 Å². The molecule has 2 aliphatic rings. The first kappa shape index (κ1) is 14.0. The van der Waals surface area contributed by atoms with Crippen molar-refractivity contribution < 1.29 is 9.84 Å². The molecule has 1 N–H and O–H groups in total. The highest BCUT2D eigenvalue weighted by atomic mass is 35.5. The number of nitrogens with zero attached hydrogens (tertiary/aromatic N) is 3. The Morgan fingerprint density at radius 1 is 1.45 bits per heavy atom. The lowest BCUT2D eigenvalue weighted by Gasteiger charge is -2.43. The van der Waals surface area contributed by atoms with Crippen molar-refractivity contribution in [1.82, 2.24) is 9.97 Å². The third kappa shape index (κ3) is 2.62. The molecule has 1 aromatic rings. The van der Waals surface area contributed by atoms with Crippen LogP contribution in [-0.2, 0) is 4.74 Å². The Morgan fingerprint density at radius 3 is 2.90 bits per heavy atom. The number of aromatic nitrogens is 2. The van der Waals surface area contributed by atoms with Crippen LogP contribution in [0.1, 0.15) is 26.2 Å². The molecule has 2 aliphatic heterocycles. The van der Waals surface area contributed by atoms with Gasteiger partial charge in [-0.05, 0) is 26.2 Å². The summed E-state index contributed by atoms with van der Waals surface area (Å²) < 4.78 is 5.58. The Labute approximate surface area is 123 Å². The Hall–Kier alpha value is -0.910. The molecule has 20 heavy (non-hydrogen) atoms. The van der Waals surface area contributed by atoms with E-state index in [-0.39, 0.29) is 12.0 Å². The second kappa shape index (κ2) is 5.47. The first-order valence-corrected chi connectivity index (χ1v) is 7.50. The van der Waals surface area contributed by atoms with Crippen LogP contribution in [-0.4, -0.2) is 46.5 Å². The minimum absolute atomic E-state index is 0.0954. The fraction of sp³-hybridized carbons (Fsp3) is 0.714. The zero-order valence-electron chi connectivity index (χ0n) is 11.6. The lowest BCUT2D eigenvalue weighted by atomic mass is 9.79. The summed E-state index contributed by atoms with van der Waals surface area (Å²) >= 11 is 5.85. The number of hydrogen-bond acceptors (Lipinski definition) is 5. The van der Waals surface area contributed by atoms with Crippen molar-refractivity contribution in [2.45, 2.75) is 37.8 Å². The van der Waals surface area contributed by atoms with E-state index in [4.69, 9.17) is 16.3 Å². The van der Waals surface area contributed by atoms with Crippen molar-refractivity contribution >= 4 is 17.5 Å². The zero-order valence-corrected chi connectivity index (χ0v) is 12.4. The summed E-state index contributed by atoms with van der Waals surface area (Å²) in [6.45, 7) is 4.06. The van der Waals surface area contributed by atoms with Gasteiger partial charge in [0, 0.05) is 25.1 Å². The molecule has 5 nitrogen and oxygen atoms in total. The van der Waals surface area contributed by atoms with Crippen molar-refractivity contribution in [2.75, 3.05) is 24.7 Å². The van der Waals surface area contributed by atoms with Gasteiger partial charge in [0.05, 0.1) is 29.6 Å². The van der Waals surface area contributed by atoms with Crippen molar-refractivity contribution in [3.63, 3.8) is 0 Å². The summed E-state index contributed by atoms with van der Waals surface area (Å²) in [6.07, 6.45) is 6.05. The third-order valence-electron chi connectivity index (χ3n) is 4.48. The van der Waals surface area contributed by atoms with Crippen molar-refractivity contribution in [3.05, 3.63) is 17.4 Å². The van der Waals surface area contributed by atoms with Gasteiger partial charge in [0.1, 0.15) is 0 Å². The van der Waals surface area contributed by atoms with Gasteiger partial charge >= 0.3 is 0 Å². The fourth-order valence-corrected chi connectivity index (χ4v) is 3.39.